The van der Waals surface area contributed by atoms with Crippen LogP contribution in [0.3, 0.4) is 0 Å². The second-order valence-electron chi connectivity index (χ2n) is 5.13. The Morgan fingerprint density at radius 2 is 1.70 bits per heavy atom. The van der Waals surface area contributed by atoms with Crippen LogP contribution in [0.5, 0.6) is 0 Å². The van der Waals surface area contributed by atoms with E-state index in [1.165, 1.54) is 5.56 Å². The number of nitrogens with zero attached hydrogens (tertiary/aromatic N) is 2. The monoisotopic (exact) mass is 336 g/mol. The van der Waals surface area contributed by atoms with Crippen molar-refractivity contribution >= 4 is 15.9 Å². The average Bonchev–Trinajstić information content (AvgIpc) is 2.97. The smallest absolute Gasteiger partial charge is 0.230 e. The maximum atomic E-state index is 5.91. The number of hydrogen-bond donors (Lipinski definition) is 0. The highest BCUT2D eigenvalue weighted by molar-refractivity contribution is 9.09. The minimum Gasteiger partial charge on any atom is -0.423 e. The van der Waals surface area contributed by atoms with Gasteiger partial charge in [0, 0.05) is 0 Å². The van der Waals surface area contributed by atoms with Gasteiger partial charge in [0.05, 0.1) is 10.7 Å². The number of rotatable bonds is 6. The van der Waals surface area contributed by atoms with Crippen molar-refractivity contribution < 1.29 is 4.42 Å². The van der Waals surface area contributed by atoms with Gasteiger partial charge in [0.25, 0.3) is 0 Å². The van der Waals surface area contributed by atoms with Crippen molar-refractivity contribution in [1.29, 1.82) is 0 Å². The fourth-order valence-electron chi connectivity index (χ4n) is 2.28. The lowest BCUT2D eigenvalue weighted by Crippen LogP contribution is -2.11. The summed E-state index contributed by atoms with van der Waals surface area (Å²) < 4.78 is 5.91. The number of hydrogen-bond acceptors (Lipinski definition) is 3. The molecule has 1 heterocycles. The third-order valence-electron chi connectivity index (χ3n) is 3.72. The van der Waals surface area contributed by atoms with Crippen LogP contribution in [0.25, 0.3) is 0 Å². The van der Waals surface area contributed by atoms with Crippen molar-refractivity contribution in [3.63, 3.8) is 0 Å². The fourth-order valence-corrected chi connectivity index (χ4v) is 2.47. The molecule has 0 spiro atoms. The van der Waals surface area contributed by atoms with Crippen molar-refractivity contribution in [2.24, 2.45) is 5.92 Å². The summed E-state index contributed by atoms with van der Waals surface area (Å²) in [5, 5.41) is 8.47. The standard InChI is InChI=1S/C16H21BrN2O/c1-4-11(3)14(12-9-7-6-8-10-12)16-19-18-15(20-16)13(17)5-2/h6-11,13-14H,4-5H2,1-3H3. The molecule has 0 bridgehead atoms. The van der Waals surface area contributed by atoms with Crippen LogP contribution in [0.4, 0.5) is 0 Å². The van der Waals surface area contributed by atoms with Gasteiger partial charge in [-0.05, 0) is 17.9 Å². The molecule has 2 aromatic rings. The lowest BCUT2D eigenvalue weighted by molar-refractivity contribution is 0.375. The largest absolute Gasteiger partial charge is 0.423 e. The van der Waals surface area contributed by atoms with Crippen LogP contribution in [0, 0.1) is 5.92 Å². The third-order valence-corrected chi connectivity index (χ3v) is 4.76. The van der Waals surface area contributed by atoms with Crippen molar-refractivity contribution in [1.82, 2.24) is 10.2 Å². The first-order valence-corrected chi connectivity index (χ1v) is 8.11. The molecule has 0 radical (unpaired) electrons. The summed E-state index contributed by atoms with van der Waals surface area (Å²) in [4.78, 5) is 0.136. The van der Waals surface area contributed by atoms with Crippen LogP contribution in [0.15, 0.2) is 34.7 Å². The maximum absolute atomic E-state index is 5.91. The Kier molecular flexibility index (Phi) is 5.35. The van der Waals surface area contributed by atoms with E-state index < -0.39 is 0 Å². The zero-order chi connectivity index (χ0) is 14.5. The zero-order valence-corrected chi connectivity index (χ0v) is 13.8. The average molecular weight is 337 g/mol. The van der Waals surface area contributed by atoms with Crippen LogP contribution in [-0.4, -0.2) is 10.2 Å². The second kappa shape index (κ2) is 7.02. The van der Waals surface area contributed by atoms with Crippen molar-refractivity contribution in [2.45, 2.75) is 44.4 Å². The summed E-state index contributed by atoms with van der Waals surface area (Å²) in [6.07, 6.45) is 2.00. The van der Waals surface area contributed by atoms with Gasteiger partial charge in [0.15, 0.2) is 0 Å². The van der Waals surface area contributed by atoms with Gasteiger partial charge in [-0.15, -0.1) is 10.2 Å². The normalized spacial score (nSPS) is 15.8. The zero-order valence-electron chi connectivity index (χ0n) is 12.2. The van der Waals surface area contributed by atoms with Crippen LogP contribution in [-0.2, 0) is 0 Å². The molecule has 0 saturated heterocycles. The first-order valence-electron chi connectivity index (χ1n) is 7.19. The van der Waals surface area contributed by atoms with Gasteiger partial charge in [-0.3, -0.25) is 0 Å². The minimum absolute atomic E-state index is 0.136. The summed E-state index contributed by atoms with van der Waals surface area (Å²) >= 11 is 3.56. The molecule has 3 atom stereocenters. The molecule has 0 aliphatic heterocycles. The molecule has 108 valence electrons. The van der Waals surface area contributed by atoms with E-state index in [1.54, 1.807) is 0 Å². The van der Waals surface area contributed by atoms with Crippen LogP contribution < -0.4 is 0 Å². The lowest BCUT2D eigenvalue weighted by Gasteiger charge is -2.19. The molecule has 20 heavy (non-hydrogen) atoms. The van der Waals surface area contributed by atoms with Gasteiger partial charge in [-0.1, -0.05) is 73.5 Å². The number of aromatic nitrogens is 2. The molecule has 1 aromatic carbocycles. The lowest BCUT2D eigenvalue weighted by atomic mass is 9.85. The number of alkyl halides is 1. The summed E-state index contributed by atoms with van der Waals surface area (Å²) in [5.74, 6) is 2.02. The van der Waals surface area contributed by atoms with Gasteiger partial charge >= 0.3 is 0 Å². The second-order valence-corrected chi connectivity index (χ2v) is 6.23. The van der Waals surface area contributed by atoms with E-state index >= 15 is 0 Å². The Morgan fingerprint density at radius 3 is 2.30 bits per heavy atom. The molecular weight excluding hydrogens is 316 g/mol. The molecule has 2 rings (SSSR count). The van der Waals surface area contributed by atoms with Crippen LogP contribution in [0.1, 0.15) is 61.7 Å². The molecule has 0 aliphatic rings. The van der Waals surface area contributed by atoms with E-state index in [1.807, 2.05) is 6.07 Å². The minimum atomic E-state index is 0.136. The molecule has 3 unspecified atom stereocenters. The Labute approximate surface area is 128 Å². The van der Waals surface area contributed by atoms with E-state index in [0.29, 0.717) is 11.8 Å². The topological polar surface area (TPSA) is 38.9 Å². The molecular formula is C16H21BrN2O. The van der Waals surface area contributed by atoms with Crippen molar-refractivity contribution in [3.05, 3.63) is 47.7 Å². The van der Waals surface area contributed by atoms with E-state index in [4.69, 9.17) is 4.42 Å². The quantitative estimate of drug-likeness (QED) is 0.689. The molecule has 0 aliphatic carbocycles. The molecule has 0 saturated carbocycles. The predicted octanol–water partition coefficient (Wildman–Crippen LogP) is 5.09. The maximum Gasteiger partial charge on any atom is 0.230 e. The molecule has 0 fully saturated rings. The van der Waals surface area contributed by atoms with Gasteiger partial charge in [0.1, 0.15) is 0 Å². The van der Waals surface area contributed by atoms with Gasteiger partial charge in [-0.25, -0.2) is 0 Å². The number of benzene rings is 1. The van der Waals surface area contributed by atoms with Gasteiger partial charge in [0.2, 0.25) is 11.8 Å². The van der Waals surface area contributed by atoms with Crippen LogP contribution >= 0.6 is 15.9 Å². The van der Waals surface area contributed by atoms with E-state index in [0.717, 1.165) is 18.7 Å². The highest BCUT2D eigenvalue weighted by Gasteiger charge is 2.26. The van der Waals surface area contributed by atoms with E-state index in [-0.39, 0.29) is 10.7 Å². The molecule has 4 heteroatoms. The Morgan fingerprint density at radius 1 is 1.05 bits per heavy atom. The van der Waals surface area contributed by atoms with Crippen molar-refractivity contribution in [2.75, 3.05) is 0 Å². The Hall–Kier alpha value is -1.16. The molecule has 0 N–H and O–H groups in total. The highest BCUT2D eigenvalue weighted by atomic mass is 79.9. The van der Waals surface area contributed by atoms with E-state index in [9.17, 15) is 0 Å². The van der Waals surface area contributed by atoms with Gasteiger partial charge in [-0.2, -0.15) is 0 Å². The SMILES string of the molecule is CCC(Br)c1nnc(C(c2ccccc2)C(C)CC)o1. The van der Waals surface area contributed by atoms with Crippen LogP contribution in [0.2, 0.25) is 0 Å². The number of halogens is 1. The summed E-state index contributed by atoms with van der Waals surface area (Å²) in [6, 6.07) is 10.4. The summed E-state index contributed by atoms with van der Waals surface area (Å²) in [6.45, 7) is 6.51. The summed E-state index contributed by atoms with van der Waals surface area (Å²) in [5.41, 5.74) is 1.24. The fraction of sp³-hybridized carbons (Fsp3) is 0.500. The molecule has 3 nitrogen and oxygen atoms in total. The predicted molar refractivity (Wildman–Crippen MR) is 84.0 cm³/mol. The first kappa shape index (κ1) is 15.2. The highest BCUT2D eigenvalue weighted by Crippen LogP contribution is 2.34. The Bertz CT molecular complexity index is 526. The first-order chi connectivity index (χ1) is 9.67. The Balaban J connectivity index is 2.35. The molecule has 1 aromatic heterocycles. The third kappa shape index (κ3) is 3.29. The van der Waals surface area contributed by atoms with E-state index in [2.05, 4.69) is 71.2 Å². The van der Waals surface area contributed by atoms with Crippen molar-refractivity contribution in [3.8, 4) is 0 Å². The van der Waals surface area contributed by atoms with Gasteiger partial charge < -0.3 is 4.42 Å². The molecule has 0 amide bonds. The summed E-state index contributed by atoms with van der Waals surface area (Å²) in [7, 11) is 0.